The van der Waals surface area contributed by atoms with Crippen molar-refractivity contribution in [2.45, 2.75) is 26.2 Å². The van der Waals surface area contributed by atoms with Gasteiger partial charge in [0.25, 0.3) is 5.91 Å². The Morgan fingerprint density at radius 1 is 1.10 bits per heavy atom. The third kappa shape index (κ3) is 4.49. The Hall–Kier alpha value is -2.56. The quantitative estimate of drug-likeness (QED) is 0.851. The molecule has 21 heavy (non-hydrogen) atoms. The number of carbonyl (C=O) groups excluding carboxylic acids is 2. The Morgan fingerprint density at radius 2 is 1.86 bits per heavy atom. The minimum atomic E-state index is -0.325. The fourth-order valence-corrected chi connectivity index (χ4v) is 1.84. The number of hydrogen-bond acceptors (Lipinski definition) is 3. The Bertz CT molecular complexity index is 606. The number of furan rings is 1. The second kappa shape index (κ2) is 7.28. The highest BCUT2D eigenvalue weighted by molar-refractivity contribution is 6.02. The number of benzene rings is 1. The van der Waals surface area contributed by atoms with E-state index >= 15 is 0 Å². The van der Waals surface area contributed by atoms with Crippen molar-refractivity contribution in [2.75, 3.05) is 10.6 Å². The zero-order valence-electron chi connectivity index (χ0n) is 11.9. The van der Waals surface area contributed by atoms with E-state index in [1.54, 1.807) is 36.4 Å². The van der Waals surface area contributed by atoms with E-state index < -0.39 is 0 Å². The summed E-state index contributed by atoms with van der Waals surface area (Å²) in [7, 11) is 0. The van der Waals surface area contributed by atoms with Crippen LogP contribution in [0.5, 0.6) is 0 Å². The lowest BCUT2D eigenvalue weighted by Gasteiger charge is -2.08. The predicted octanol–water partition coefficient (Wildman–Crippen LogP) is 3.66. The van der Waals surface area contributed by atoms with Crippen molar-refractivity contribution in [2.24, 2.45) is 0 Å². The van der Waals surface area contributed by atoms with Crippen LogP contribution in [0.15, 0.2) is 47.1 Å². The van der Waals surface area contributed by atoms with Crippen LogP contribution in [0.4, 0.5) is 11.4 Å². The Labute approximate surface area is 123 Å². The van der Waals surface area contributed by atoms with Gasteiger partial charge in [0.05, 0.1) is 6.26 Å². The predicted molar refractivity (Wildman–Crippen MR) is 81.3 cm³/mol. The summed E-state index contributed by atoms with van der Waals surface area (Å²) >= 11 is 0. The van der Waals surface area contributed by atoms with Gasteiger partial charge in [0.15, 0.2) is 5.76 Å². The van der Waals surface area contributed by atoms with Crippen molar-refractivity contribution in [3.8, 4) is 0 Å². The maximum absolute atomic E-state index is 11.9. The summed E-state index contributed by atoms with van der Waals surface area (Å²) in [6, 6.07) is 10.3. The van der Waals surface area contributed by atoms with E-state index in [1.807, 2.05) is 6.92 Å². The molecule has 0 saturated heterocycles. The van der Waals surface area contributed by atoms with Gasteiger partial charge in [-0.25, -0.2) is 0 Å². The summed E-state index contributed by atoms with van der Waals surface area (Å²) in [4.78, 5) is 23.5. The van der Waals surface area contributed by atoms with Gasteiger partial charge in [0.1, 0.15) is 0 Å². The smallest absolute Gasteiger partial charge is 0.291 e. The third-order valence-corrected chi connectivity index (χ3v) is 2.91. The highest BCUT2D eigenvalue weighted by atomic mass is 16.3. The van der Waals surface area contributed by atoms with Gasteiger partial charge in [0.2, 0.25) is 5.91 Å². The zero-order chi connectivity index (χ0) is 15.1. The molecule has 1 aromatic heterocycles. The molecule has 0 saturated carbocycles. The molecule has 0 unspecified atom stereocenters. The SMILES string of the molecule is CCCCC(=O)Nc1cccc(NC(=O)c2ccco2)c1. The normalized spacial score (nSPS) is 10.1. The Kier molecular flexibility index (Phi) is 5.15. The monoisotopic (exact) mass is 286 g/mol. The van der Waals surface area contributed by atoms with Gasteiger partial charge in [-0.2, -0.15) is 0 Å². The van der Waals surface area contributed by atoms with Gasteiger partial charge in [-0.05, 0) is 36.8 Å². The van der Waals surface area contributed by atoms with Gasteiger partial charge in [-0.15, -0.1) is 0 Å². The van der Waals surface area contributed by atoms with Crippen LogP contribution in [-0.4, -0.2) is 11.8 Å². The first-order valence-corrected chi connectivity index (χ1v) is 6.94. The van der Waals surface area contributed by atoms with E-state index in [4.69, 9.17) is 4.42 Å². The standard InChI is InChI=1S/C16H18N2O3/c1-2-3-9-15(19)17-12-6-4-7-13(11-12)18-16(20)14-8-5-10-21-14/h4-8,10-11H,2-3,9H2,1H3,(H,17,19)(H,18,20). The van der Waals surface area contributed by atoms with Crippen molar-refractivity contribution >= 4 is 23.2 Å². The molecule has 5 nitrogen and oxygen atoms in total. The van der Waals surface area contributed by atoms with Crippen molar-refractivity contribution < 1.29 is 14.0 Å². The molecular formula is C16H18N2O3. The lowest BCUT2D eigenvalue weighted by molar-refractivity contribution is -0.116. The van der Waals surface area contributed by atoms with E-state index in [0.717, 1.165) is 12.8 Å². The molecule has 0 aliphatic carbocycles. The molecule has 0 radical (unpaired) electrons. The first-order valence-electron chi connectivity index (χ1n) is 6.94. The van der Waals surface area contributed by atoms with E-state index in [9.17, 15) is 9.59 Å². The number of unbranched alkanes of at least 4 members (excludes halogenated alkanes) is 1. The lowest BCUT2D eigenvalue weighted by atomic mass is 10.2. The minimum absolute atomic E-state index is 0.0219. The maximum atomic E-state index is 11.9. The van der Waals surface area contributed by atoms with Gasteiger partial charge in [0, 0.05) is 17.8 Å². The van der Waals surface area contributed by atoms with Gasteiger partial charge >= 0.3 is 0 Å². The number of amides is 2. The summed E-state index contributed by atoms with van der Waals surface area (Å²) < 4.78 is 5.02. The number of rotatable bonds is 6. The molecule has 2 aromatic rings. The van der Waals surface area contributed by atoms with Gasteiger partial charge in [-0.1, -0.05) is 19.4 Å². The van der Waals surface area contributed by atoms with Gasteiger partial charge < -0.3 is 15.1 Å². The number of carbonyl (C=O) groups is 2. The van der Waals surface area contributed by atoms with Crippen LogP contribution in [0.2, 0.25) is 0 Å². The van der Waals surface area contributed by atoms with E-state index in [-0.39, 0.29) is 17.6 Å². The summed E-state index contributed by atoms with van der Waals surface area (Å²) in [6.07, 6.45) is 3.78. The van der Waals surface area contributed by atoms with Crippen LogP contribution in [0.3, 0.4) is 0 Å². The molecule has 1 heterocycles. The van der Waals surface area contributed by atoms with E-state index in [0.29, 0.717) is 17.8 Å². The van der Waals surface area contributed by atoms with Crippen molar-refractivity contribution in [3.63, 3.8) is 0 Å². The van der Waals surface area contributed by atoms with Crippen LogP contribution in [0.25, 0.3) is 0 Å². The molecule has 0 atom stereocenters. The van der Waals surface area contributed by atoms with E-state index in [1.165, 1.54) is 6.26 Å². The molecule has 2 rings (SSSR count). The highest BCUT2D eigenvalue weighted by Gasteiger charge is 2.09. The summed E-state index contributed by atoms with van der Waals surface area (Å²) in [6.45, 7) is 2.04. The van der Waals surface area contributed by atoms with E-state index in [2.05, 4.69) is 10.6 Å². The van der Waals surface area contributed by atoms with Crippen molar-refractivity contribution in [1.82, 2.24) is 0 Å². The molecule has 2 N–H and O–H groups in total. The van der Waals surface area contributed by atoms with Crippen molar-refractivity contribution in [1.29, 1.82) is 0 Å². The second-order valence-electron chi connectivity index (χ2n) is 4.66. The lowest BCUT2D eigenvalue weighted by Crippen LogP contribution is -2.13. The van der Waals surface area contributed by atoms with Crippen LogP contribution in [0.1, 0.15) is 36.7 Å². The highest BCUT2D eigenvalue weighted by Crippen LogP contribution is 2.16. The average Bonchev–Trinajstić information content (AvgIpc) is 3.00. The molecule has 2 amide bonds. The molecule has 0 spiro atoms. The first kappa shape index (κ1) is 14.8. The number of nitrogens with one attached hydrogen (secondary N) is 2. The zero-order valence-corrected chi connectivity index (χ0v) is 11.9. The minimum Gasteiger partial charge on any atom is -0.459 e. The molecular weight excluding hydrogens is 268 g/mol. The average molecular weight is 286 g/mol. The maximum Gasteiger partial charge on any atom is 0.291 e. The molecule has 0 aliphatic rings. The number of hydrogen-bond donors (Lipinski definition) is 2. The van der Waals surface area contributed by atoms with Crippen LogP contribution in [0, 0.1) is 0 Å². The molecule has 0 fully saturated rings. The number of anilines is 2. The van der Waals surface area contributed by atoms with Crippen LogP contribution >= 0.6 is 0 Å². The first-order chi connectivity index (χ1) is 10.2. The molecule has 1 aromatic carbocycles. The Morgan fingerprint density at radius 3 is 2.52 bits per heavy atom. The molecule has 0 aliphatic heterocycles. The fourth-order valence-electron chi connectivity index (χ4n) is 1.84. The fraction of sp³-hybridized carbons (Fsp3) is 0.250. The molecule has 0 bridgehead atoms. The van der Waals surface area contributed by atoms with Crippen LogP contribution < -0.4 is 10.6 Å². The van der Waals surface area contributed by atoms with Gasteiger partial charge in [-0.3, -0.25) is 9.59 Å². The Balaban J connectivity index is 1.97. The van der Waals surface area contributed by atoms with Crippen LogP contribution in [-0.2, 0) is 4.79 Å². The molecule has 5 heteroatoms. The largest absolute Gasteiger partial charge is 0.459 e. The molecule has 110 valence electrons. The summed E-state index contributed by atoms with van der Waals surface area (Å²) in [5.41, 5.74) is 1.26. The van der Waals surface area contributed by atoms with Crippen molar-refractivity contribution in [3.05, 3.63) is 48.4 Å². The third-order valence-electron chi connectivity index (χ3n) is 2.91. The summed E-state index contributed by atoms with van der Waals surface area (Å²) in [5.74, 6) is -0.104. The topological polar surface area (TPSA) is 71.3 Å². The summed E-state index contributed by atoms with van der Waals surface area (Å²) in [5, 5.41) is 5.53. The second-order valence-corrected chi connectivity index (χ2v) is 4.66.